The van der Waals surface area contributed by atoms with Crippen LogP contribution in [0.15, 0.2) is 29.6 Å². The zero-order chi connectivity index (χ0) is 18.6. The Hall–Kier alpha value is -2.74. The van der Waals surface area contributed by atoms with E-state index >= 15 is 0 Å². The van der Waals surface area contributed by atoms with Gasteiger partial charge in [0.25, 0.3) is 5.69 Å². The Kier molecular flexibility index (Phi) is 5.87. The van der Waals surface area contributed by atoms with Gasteiger partial charge in [0, 0.05) is 29.0 Å². The molecule has 0 aliphatic carbocycles. The maximum atomic E-state index is 12.4. The summed E-state index contributed by atoms with van der Waals surface area (Å²) >= 11 is 1.18. The standard InChI is InChI=1S/C17H18N2O5S/c1-4-24-17(21)14-13(9-25-16(14)18-15(20)10(2)3)11-6-5-7-12(8-11)19(22)23/h5-10H,4H2,1-3H3,(H,18,20). The molecule has 7 nitrogen and oxygen atoms in total. The van der Waals surface area contributed by atoms with Crippen LogP contribution in [0.3, 0.4) is 0 Å². The molecular formula is C17H18N2O5S. The van der Waals surface area contributed by atoms with Crippen LogP contribution in [0.2, 0.25) is 0 Å². The van der Waals surface area contributed by atoms with E-state index in [1.165, 1.54) is 23.5 Å². The predicted octanol–water partition coefficient (Wildman–Crippen LogP) is 4.09. The van der Waals surface area contributed by atoms with E-state index < -0.39 is 10.9 Å². The summed E-state index contributed by atoms with van der Waals surface area (Å²) in [5.74, 6) is -1.05. The number of anilines is 1. The second-order valence-electron chi connectivity index (χ2n) is 5.53. The number of carbonyl (C=O) groups excluding carboxylic acids is 2. The Balaban J connectivity index is 2.52. The van der Waals surface area contributed by atoms with Crippen molar-refractivity contribution in [1.29, 1.82) is 0 Å². The third-order valence-electron chi connectivity index (χ3n) is 3.40. The number of rotatable bonds is 6. The number of hydrogen-bond acceptors (Lipinski definition) is 6. The average molecular weight is 362 g/mol. The van der Waals surface area contributed by atoms with Crippen LogP contribution in [-0.4, -0.2) is 23.4 Å². The van der Waals surface area contributed by atoms with E-state index in [1.807, 2.05) is 0 Å². The van der Waals surface area contributed by atoms with Gasteiger partial charge < -0.3 is 10.1 Å². The van der Waals surface area contributed by atoms with Gasteiger partial charge in [-0.15, -0.1) is 11.3 Å². The van der Waals surface area contributed by atoms with Gasteiger partial charge in [-0.25, -0.2) is 4.79 Å². The second kappa shape index (κ2) is 7.89. The van der Waals surface area contributed by atoms with Crippen LogP contribution in [0.4, 0.5) is 10.7 Å². The number of nitrogens with zero attached hydrogens (tertiary/aromatic N) is 1. The van der Waals surface area contributed by atoms with Gasteiger partial charge in [0.2, 0.25) is 5.91 Å². The highest BCUT2D eigenvalue weighted by Gasteiger charge is 2.24. The van der Waals surface area contributed by atoms with Crippen LogP contribution in [0.25, 0.3) is 11.1 Å². The Morgan fingerprint density at radius 1 is 1.36 bits per heavy atom. The third-order valence-corrected chi connectivity index (χ3v) is 4.30. The minimum absolute atomic E-state index is 0.0775. The number of benzene rings is 1. The maximum absolute atomic E-state index is 12.4. The van der Waals surface area contributed by atoms with Crippen LogP contribution >= 0.6 is 11.3 Å². The minimum Gasteiger partial charge on any atom is -0.462 e. The first-order valence-corrected chi connectivity index (χ1v) is 8.57. The van der Waals surface area contributed by atoms with Gasteiger partial charge in [0.1, 0.15) is 10.6 Å². The van der Waals surface area contributed by atoms with E-state index in [1.54, 1.807) is 38.3 Å². The summed E-state index contributed by atoms with van der Waals surface area (Å²) in [5.41, 5.74) is 1.14. The quantitative estimate of drug-likeness (QED) is 0.474. The van der Waals surface area contributed by atoms with Crippen LogP contribution in [0, 0.1) is 16.0 Å². The van der Waals surface area contributed by atoms with E-state index in [0.717, 1.165) is 0 Å². The van der Waals surface area contributed by atoms with Crippen LogP contribution in [0.5, 0.6) is 0 Å². The molecule has 0 atom stereocenters. The molecule has 1 aromatic carbocycles. The molecule has 2 aromatic rings. The number of amides is 1. The Bertz CT molecular complexity index is 813. The highest BCUT2D eigenvalue weighted by atomic mass is 32.1. The molecule has 0 aliphatic heterocycles. The summed E-state index contributed by atoms with van der Waals surface area (Å²) < 4.78 is 5.09. The van der Waals surface area contributed by atoms with Gasteiger partial charge in [0.15, 0.2) is 0 Å². The maximum Gasteiger partial charge on any atom is 0.341 e. The van der Waals surface area contributed by atoms with Crippen molar-refractivity contribution < 1.29 is 19.2 Å². The molecule has 132 valence electrons. The zero-order valence-corrected chi connectivity index (χ0v) is 14.9. The fourth-order valence-corrected chi connectivity index (χ4v) is 3.07. The summed E-state index contributed by atoms with van der Waals surface area (Å²) in [6.45, 7) is 5.35. The topological polar surface area (TPSA) is 98.5 Å². The Labute approximate surface area is 148 Å². The molecule has 2 rings (SSSR count). The number of carbonyl (C=O) groups is 2. The molecule has 0 saturated carbocycles. The van der Waals surface area contributed by atoms with Crippen LogP contribution < -0.4 is 5.32 Å². The van der Waals surface area contributed by atoms with Crippen molar-refractivity contribution in [1.82, 2.24) is 0 Å². The van der Waals surface area contributed by atoms with E-state index in [-0.39, 0.29) is 29.7 Å². The summed E-state index contributed by atoms with van der Waals surface area (Å²) in [6.07, 6.45) is 0. The molecule has 0 bridgehead atoms. The fourth-order valence-electron chi connectivity index (χ4n) is 2.11. The summed E-state index contributed by atoms with van der Waals surface area (Å²) in [4.78, 5) is 34.9. The van der Waals surface area contributed by atoms with Gasteiger partial charge in [-0.3, -0.25) is 14.9 Å². The molecule has 25 heavy (non-hydrogen) atoms. The van der Waals surface area contributed by atoms with Crippen molar-refractivity contribution >= 4 is 33.9 Å². The lowest BCUT2D eigenvalue weighted by Crippen LogP contribution is -2.19. The second-order valence-corrected chi connectivity index (χ2v) is 6.41. The average Bonchev–Trinajstić information content (AvgIpc) is 2.98. The molecule has 1 aromatic heterocycles. The molecule has 0 radical (unpaired) electrons. The number of non-ortho nitro benzene ring substituents is 1. The molecule has 0 spiro atoms. The lowest BCUT2D eigenvalue weighted by molar-refractivity contribution is -0.384. The lowest BCUT2D eigenvalue weighted by atomic mass is 10.0. The number of nitrogens with one attached hydrogen (secondary N) is 1. The molecule has 1 heterocycles. The van der Waals surface area contributed by atoms with Crippen LogP contribution in [0.1, 0.15) is 31.1 Å². The molecule has 0 aliphatic rings. The number of nitro groups is 1. The van der Waals surface area contributed by atoms with E-state index in [2.05, 4.69) is 5.32 Å². The normalized spacial score (nSPS) is 10.6. The van der Waals surface area contributed by atoms with Gasteiger partial charge in [-0.05, 0) is 12.5 Å². The first kappa shape index (κ1) is 18.6. The summed E-state index contributed by atoms with van der Waals surface area (Å²) in [7, 11) is 0. The van der Waals surface area contributed by atoms with Crippen molar-refractivity contribution in [2.75, 3.05) is 11.9 Å². The van der Waals surface area contributed by atoms with E-state index in [9.17, 15) is 19.7 Å². The number of ether oxygens (including phenoxy) is 1. The molecule has 0 saturated heterocycles. The van der Waals surface area contributed by atoms with Gasteiger partial charge in [0.05, 0.1) is 11.5 Å². The van der Waals surface area contributed by atoms with Crippen LogP contribution in [-0.2, 0) is 9.53 Å². The third kappa shape index (κ3) is 4.21. The molecule has 0 unspecified atom stereocenters. The monoisotopic (exact) mass is 362 g/mol. The van der Waals surface area contributed by atoms with Crippen molar-refractivity contribution in [3.8, 4) is 11.1 Å². The first-order valence-electron chi connectivity index (χ1n) is 7.69. The lowest BCUT2D eigenvalue weighted by Gasteiger charge is -2.10. The molecule has 1 amide bonds. The highest BCUT2D eigenvalue weighted by Crippen LogP contribution is 2.37. The molecule has 1 N–H and O–H groups in total. The number of nitro benzene ring substituents is 1. The van der Waals surface area contributed by atoms with Crippen molar-refractivity contribution in [3.63, 3.8) is 0 Å². The van der Waals surface area contributed by atoms with Crippen molar-refractivity contribution in [2.45, 2.75) is 20.8 Å². The van der Waals surface area contributed by atoms with Crippen molar-refractivity contribution in [2.24, 2.45) is 5.92 Å². The summed E-state index contributed by atoms with van der Waals surface area (Å²) in [5, 5.41) is 15.8. The minimum atomic E-state index is -0.579. The van der Waals surface area contributed by atoms with E-state index in [0.29, 0.717) is 16.1 Å². The largest absolute Gasteiger partial charge is 0.462 e. The number of esters is 1. The Morgan fingerprint density at radius 2 is 2.08 bits per heavy atom. The molecule has 8 heteroatoms. The first-order chi connectivity index (χ1) is 11.8. The van der Waals surface area contributed by atoms with Gasteiger partial charge in [-0.1, -0.05) is 26.0 Å². The Morgan fingerprint density at radius 3 is 2.68 bits per heavy atom. The van der Waals surface area contributed by atoms with Gasteiger partial charge in [-0.2, -0.15) is 0 Å². The number of thiophene rings is 1. The smallest absolute Gasteiger partial charge is 0.341 e. The molecular weight excluding hydrogens is 344 g/mol. The SMILES string of the molecule is CCOC(=O)c1c(-c2cccc([N+](=O)[O-])c2)csc1NC(=O)C(C)C. The fraction of sp³-hybridized carbons (Fsp3) is 0.294. The molecule has 0 fully saturated rings. The predicted molar refractivity (Wildman–Crippen MR) is 95.8 cm³/mol. The highest BCUT2D eigenvalue weighted by molar-refractivity contribution is 7.15. The van der Waals surface area contributed by atoms with Crippen molar-refractivity contribution in [3.05, 3.63) is 45.3 Å². The number of hydrogen-bond donors (Lipinski definition) is 1. The zero-order valence-electron chi connectivity index (χ0n) is 14.1. The van der Waals surface area contributed by atoms with Gasteiger partial charge >= 0.3 is 5.97 Å². The van der Waals surface area contributed by atoms with E-state index in [4.69, 9.17) is 4.74 Å². The summed E-state index contributed by atoms with van der Waals surface area (Å²) in [6, 6.07) is 5.98.